The topological polar surface area (TPSA) is 40.5 Å². The highest BCUT2D eigenvalue weighted by molar-refractivity contribution is 5.77. The molecule has 3 heteroatoms. The van der Waals surface area contributed by atoms with Crippen molar-refractivity contribution in [1.82, 2.24) is 4.90 Å². The standard InChI is InChI=1S/C9H17NO2/c1-4-5-9(12)10(6-7-11)8(2)3/h4,8,11H,1,5-7H2,2-3H3. The van der Waals surface area contributed by atoms with E-state index >= 15 is 0 Å². The molecule has 70 valence electrons. The van der Waals surface area contributed by atoms with Crippen LogP contribution in [0, 0.1) is 0 Å². The third kappa shape index (κ3) is 3.53. The Labute approximate surface area is 73.7 Å². The molecule has 12 heavy (non-hydrogen) atoms. The van der Waals surface area contributed by atoms with Crippen molar-refractivity contribution in [2.75, 3.05) is 13.2 Å². The number of aliphatic hydroxyl groups excluding tert-OH is 1. The second-order valence-electron chi connectivity index (χ2n) is 2.90. The molecule has 3 nitrogen and oxygen atoms in total. The Hall–Kier alpha value is -0.830. The summed E-state index contributed by atoms with van der Waals surface area (Å²) in [5.41, 5.74) is 0. The number of amides is 1. The zero-order valence-electron chi connectivity index (χ0n) is 7.79. The van der Waals surface area contributed by atoms with E-state index in [0.717, 1.165) is 0 Å². The average molecular weight is 171 g/mol. The van der Waals surface area contributed by atoms with Crippen LogP contribution in [-0.2, 0) is 4.79 Å². The van der Waals surface area contributed by atoms with Crippen molar-refractivity contribution in [2.24, 2.45) is 0 Å². The molecule has 0 aliphatic rings. The molecule has 0 heterocycles. The zero-order chi connectivity index (χ0) is 9.56. The Balaban J connectivity index is 4.08. The highest BCUT2D eigenvalue weighted by Crippen LogP contribution is 2.00. The van der Waals surface area contributed by atoms with Crippen LogP contribution in [-0.4, -0.2) is 35.1 Å². The normalized spacial score (nSPS) is 10.0. The first-order valence-electron chi connectivity index (χ1n) is 4.14. The Bertz CT molecular complexity index is 155. The van der Waals surface area contributed by atoms with Gasteiger partial charge in [-0.1, -0.05) is 6.08 Å². The quantitative estimate of drug-likeness (QED) is 0.621. The van der Waals surface area contributed by atoms with Gasteiger partial charge >= 0.3 is 0 Å². The van der Waals surface area contributed by atoms with Gasteiger partial charge in [0.05, 0.1) is 6.61 Å². The molecule has 0 bridgehead atoms. The van der Waals surface area contributed by atoms with Gasteiger partial charge in [-0.3, -0.25) is 4.79 Å². The lowest BCUT2D eigenvalue weighted by Crippen LogP contribution is -2.38. The molecule has 0 atom stereocenters. The molecular weight excluding hydrogens is 154 g/mol. The molecule has 0 saturated carbocycles. The second kappa shape index (κ2) is 5.77. The summed E-state index contributed by atoms with van der Waals surface area (Å²) in [6.45, 7) is 7.77. The number of hydrogen-bond donors (Lipinski definition) is 1. The molecular formula is C9H17NO2. The van der Waals surface area contributed by atoms with Crippen molar-refractivity contribution in [1.29, 1.82) is 0 Å². The Morgan fingerprint density at radius 3 is 2.58 bits per heavy atom. The van der Waals surface area contributed by atoms with Crippen molar-refractivity contribution in [3.8, 4) is 0 Å². The summed E-state index contributed by atoms with van der Waals surface area (Å²) < 4.78 is 0. The fourth-order valence-electron chi connectivity index (χ4n) is 1.02. The van der Waals surface area contributed by atoms with E-state index in [1.165, 1.54) is 0 Å². The largest absolute Gasteiger partial charge is 0.395 e. The SMILES string of the molecule is C=CCC(=O)N(CCO)C(C)C. The molecule has 0 radical (unpaired) electrons. The van der Waals surface area contributed by atoms with Gasteiger partial charge in [0, 0.05) is 19.0 Å². The molecule has 0 aliphatic carbocycles. The van der Waals surface area contributed by atoms with Crippen LogP contribution in [0.25, 0.3) is 0 Å². The molecule has 0 aromatic heterocycles. The Kier molecular flexibility index (Phi) is 5.37. The summed E-state index contributed by atoms with van der Waals surface area (Å²) >= 11 is 0. The maximum Gasteiger partial charge on any atom is 0.226 e. The van der Waals surface area contributed by atoms with E-state index < -0.39 is 0 Å². The molecule has 0 aliphatic heterocycles. The smallest absolute Gasteiger partial charge is 0.226 e. The van der Waals surface area contributed by atoms with Crippen molar-refractivity contribution in [3.63, 3.8) is 0 Å². The van der Waals surface area contributed by atoms with Gasteiger partial charge in [-0.05, 0) is 13.8 Å². The van der Waals surface area contributed by atoms with Gasteiger partial charge in [0.1, 0.15) is 0 Å². The van der Waals surface area contributed by atoms with Crippen LogP contribution >= 0.6 is 0 Å². The number of aliphatic hydroxyl groups is 1. The fourth-order valence-corrected chi connectivity index (χ4v) is 1.02. The average Bonchev–Trinajstić information content (AvgIpc) is 1.99. The number of hydrogen-bond acceptors (Lipinski definition) is 2. The first kappa shape index (κ1) is 11.2. The summed E-state index contributed by atoms with van der Waals surface area (Å²) in [5, 5.41) is 8.68. The van der Waals surface area contributed by atoms with Crippen LogP contribution in [0.1, 0.15) is 20.3 Å². The Morgan fingerprint density at radius 2 is 2.25 bits per heavy atom. The molecule has 0 aromatic rings. The van der Waals surface area contributed by atoms with E-state index in [0.29, 0.717) is 13.0 Å². The number of nitrogens with zero attached hydrogens (tertiary/aromatic N) is 1. The van der Waals surface area contributed by atoms with Crippen LogP contribution in [0.2, 0.25) is 0 Å². The van der Waals surface area contributed by atoms with Gasteiger partial charge in [-0.2, -0.15) is 0 Å². The van der Waals surface area contributed by atoms with Crippen LogP contribution in [0.15, 0.2) is 12.7 Å². The van der Waals surface area contributed by atoms with Gasteiger partial charge in [0.15, 0.2) is 0 Å². The summed E-state index contributed by atoms with van der Waals surface area (Å²) in [5.74, 6) is 0.0223. The highest BCUT2D eigenvalue weighted by Gasteiger charge is 2.13. The van der Waals surface area contributed by atoms with Crippen LogP contribution < -0.4 is 0 Å². The number of rotatable bonds is 5. The van der Waals surface area contributed by atoms with Crippen LogP contribution in [0.3, 0.4) is 0 Å². The molecule has 1 amide bonds. The van der Waals surface area contributed by atoms with Crippen molar-refractivity contribution in [3.05, 3.63) is 12.7 Å². The van der Waals surface area contributed by atoms with E-state index in [4.69, 9.17) is 5.11 Å². The summed E-state index contributed by atoms with van der Waals surface area (Å²) in [4.78, 5) is 13.0. The molecule has 0 aromatic carbocycles. The van der Waals surface area contributed by atoms with E-state index in [1.807, 2.05) is 13.8 Å². The van der Waals surface area contributed by atoms with Crippen molar-refractivity contribution in [2.45, 2.75) is 26.3 Å². The lowest BCUT2D eigenvalue weighted by atomic mass is 10.2. The lowest BCUT2D eigenvalue weighted by Gasteiger charge is -2.25. The fraction of sp³-hybridized carbons (Fsp3) is 0.667. The highest BCUT2D eigenvalue weighted by atomic mass is 16.3. The zero-order valence-corrected chi connectivity index (χ0v) is 7.79. The first-order chi connectivity index (χ1) is 5.63. The van der Waals surface area contributed by atoms with Crippen molar-refractivity contribution >= 4 is 5.91 Å². The van der Waals surface area contributed by atoms with Gasteiger partial charge in [-0.25, -0.2) is 0 Å². The number of carbonyl (C=O) groups is 1. The second-order valence-corrected chi connectivity index (χ2v) is 2.90. The molecule has 1 N–H and O–H groups in total. The first-order valence-corrected chi connectivity index (χ1v) is 4.14. The van der Waals surface area contributed by atoms with Gasteiger partial charge < -0.3 is 10.0 Å². The predicted octanol–water partition coefficient (Wildman–Crippen LogP) is 0.792. The number of carbonyl (C=O) groups excluding carboxylic acids is 1. The molecule has 0 saturated heterocycles. The Morgan fingerprint density at radius 1 is 1.67 bits per heavy atom. The molecule has 0 unspecified atom stereocenters. The maximum atomic E-state index is 11.3. The van der Waals surface area contributed by atoms with Crippen LogP contribution in [0.5, 0.6) is 0 Å². The minimum atomic E-state index is 0.0149. The monoisotopic (exact) mass is 171 g/mol. The van der Waals surface area contributed by atoms with Gasteiger partial charge in [0.25, 0.3) is 0 Å². The predicted molar refractivity (Wildman–Crippen MR) is 48.7 cm³/mol. The molecule has 0 spiro atoms. The van der Waals surface area contributed by atoms with Gasteiger partial charge in [-0.15, -0.1) is 6.58 Å². The van der Waals surface area contributed by atoms with Gasteiger partial charge in [0.2, 0.25) is 5.91 Å². The summed E-state index contributed by atoms with van der Waals surface area (Å²) in [7, 11) is 0. The van der Waals surface area contributed by atoms with E-state index in [1.54, 1.807) is 11.0 Å². The van der Waals surface area contributed by atoms with Crippen LogP contribution in [0.4, 0.5) is 0 Å². The minimum Gasteiger partial charge on any atom is -0.395 e. The third-order valence-electron chi connectivity index (χ3n) is 1.60. The molecule has 0 rings (SSSR count). The summed E-state index contributed by atoms with van der Waals surface area (Å²) in [6, 6.07) is 0.143. The van der Waals surface area contributed by atoms with Crippen molar-refractivity contribution < 1.29 is 9.90 Å². The third-order valence-corrected chi connectivity index (χ3v) is 1.60. The molecule has 0 fully saturated rings. The van der Waals surface area contributed by atoms with E-state index in [-0.39, 0.29) is 18.6 Å². The van der Waals surface area contributed by atoms with E-state index in [9.17, 15) is 4.79 Å². The maximum absolute atomic E-state index is 11.3. The summed E-state index contributed by atoms with van der Waals surface area (Å²) in [6.07, 6.45) is 1.92. The lowest BCUT2D eigenvalue weighted by molar-refractivity contribution is -0.132. The minimum absolute atomic E-state index is 0.0149. The van der Waals surface area contributed by atoms with E-state index in [2.05, 4.69) is 6.58 Å².